The average molecular weight is 301 g/mol. The fourth-order valence-electron chi connectivity index (χ4n) is 2.16. The second-order valence-electron chi connectivity index (χ2n) is 5.62. The second-order valence-corrected chi connectivity index (χ2v) is 6.62. The molecule has 0 amide bonds. The van der Waals surface area contributed by atoms with Crippen LogP contribution in [0.2, 0.25) is 0 Å². The number of thiophene rings is 1. The van der Waals surface area contributed by atoms with Gasteiger partial charge in [-0.3, -0.25) is 4.68 Å². The number of imidazole rings is 1. The molecule has 0 radical (unpaired) electrons. The monoisotopic (exact) mass is 301 g/mol. The van der Waals surface area contributed by atoms with Crippen LogP contribution in [-0.2, 0) is 19.1 Å². The predicted octanol–water partition coefficient (Wildman–Crippen LogP) is 2.69. The normalized spacial score (nSPS) is 12.0. The lowest BCUT2D eigenvalue weighted by molar-refractivity contribution is 0.403. The van der Waals surface area contributed by atoms with Gasteiger partial charge in [0.2, 0.25) is 0 Å². The summed E-state index contributed by atoms with van der Waals surface area (Å²) in [5.41, 5.74) is 2.25. The molecule has 0 saturated heterocycles. The molecule has 3 rings (SSSR count). The zero-order valence-electron chi connectivity index (χ0n) is 12.4. The average Bonchev–Trinajstić information content (AvgIpc) is 3.17. The van der Waals surface area contributed by atoms with Gasteiger partial charge in [0.05, 0.1) is 18.2 Å². The number of rotatable bonds is 5. The number of hydrogen-bond donors (Lipinski definition) is 1. The molecule has 3 aromatic rings. The summed E-state index contributed by atoms with van der Waals surface area (Å²) in [6.45, 7) is 5.18. The summed E-state index contributed by atoms with van der Waals surface area (Å²) in [5, 5.41) is 9.99. The minimum absolute atomic E-state index is 0.104. The van der Waals surface area contributed by atoms with E-state index in [2.05, 4.69) is 46.9 Å². The third kappa shape index (κ3) is 3.06. The number of nitrogens with one attached hydrogen (secondary N) is 1. The first-order valence-corrected chi connectivity index (χ1v) is 7.72. The van der Waals surface area contributed by atoms with E-state index in [-0.39, 0.29) is 5.54 Å². The van der Waals surface area contributed by atoms with Crippen LogP contribution >= 0.6 is 11.3 Å². The molecule has 0 aliphatic carbocycles. The Hall–Kier alpha value is -1.92. The van der Waals surface area contributed by atoms with Crippen LogP contribution in [0, 0.1) is 0 Å². The second kappa shape index (κ2) is 5.46. The highest BCUT2D eigenvalue weighted by atomic mass is 32.1. The van der Waals surface area contributed by atoms with E-state index in [1.54, 1.807) is 17.5 Å². The van der Waals surface area contributed by atoms with Gasteiger partial charge in [-0.15, -0.1) is 11.3 Å². The van der Waals surface area contributed by atoms with Gasteiger partial charge >= 0.3 is 0 Å². The van der Waals surface area contributed by atoms with Crippen molar-refractivity contribution in [3.63, 3.8) is 0 Å². The maximum atomic E-state index is 4.24. The van der Waals surface area contributed by atoms with E-state index in [0.717, 1.165) is 12.2 Å². The number of aromatic nitrogens is 4. The van der Waals surface area contributed by atoms with Gasteiger partial charge in [0.25, 0.3) is 0 Å². The Balaban J connectivity index is 1.67. The molecule has 0 spiro atoms. The molecule has 21 heavy (non-hydrogen) atoms. The third-order valence-electron chi connectivity index (χ3n) is 3.57. The molecule has 0 bridgehead atoms. The zero-order valence-corrected chi connectivity index (χ0v) is 13.3. The van der Waals surface area contributed by atoms with Crippen LogP contribution in [0.4, 0.5) is 0 Å². The Morgan fingerprint density at radius 1 is 1.38 bits per heavy atom. The summed E-state index contributed by atoms with van der Waals surface area (Å²) >= 11 is 1.76. The summed E-state index contributed by atoms with van der Waals surface area (Å²) in [4.78, 5) is 5.38. The van der Waals surface area contributed by atoms with E-state index in [1.165, 1.54) is 10.4 Å². The van der Waals surface area contributed by atoms with Crippen LogP contribution < -0.4 is 5.32 Å². The highest BCUT2D eigenvalue weighted by Crippen LogP contribution is 2.22. The summed E-state index contributed by atoms with van der Waals surface area (Å²) in [5.74, 6) is 0. The number of nitrogens with zero attached hydrogens (tertiary/aromatic N) is 4. The lowest BCUT2D eigenvalue weighted by Gasteiger charge is -2.24. The third-order valence-corrected chi connectivity index (χ3v) is 4.50. The van der Waals surface area contributed by atoms with Crippen molar-refractivity contribution in [1.82, 2.24) is 24.6 Å². The summed E-state index contributed by atoms with van der Waals surface area (Å²) in [7, 11) is 1.94. The molecule has 6 heteroatoms. The molecule has 0 aliphatic rings. The Labute approximate surface area is 128 Å². The molecule has 0 aromatic carbocycles. The van der Waals surface area contributed by atoms with E-state index < -0.39 is 0 Å². The van der Waals surface area contributed by atoms with Crippen molar-refractivity contribution in [2.24, 2.45) is 7.05 Å². The molecule has 0 fully saturated rings. The topological polar surface area (TPSA) is 47.7 Å². The van der Waals surface area contributed by atoms with E-state index in [1.807, 2.05) is 35.0 Å². The quantitative estimate of drug-likeness (QED) is 0.788. The number of aryl methyl sites for hydroxylation is 1. The van der Waals surface area contributed by atoms with Gasteiger partial charge in [-0.25, -0.2) is 4.98 Å². The lowest BCUT2D eigenvalue weighted by atomic mass is 9.98. The molecule has 3 heterocycles. The van der Waals surface area contributed by atoms with Crippen molar-refractivity contribution in [1.29, 1.82) is 0 Å². The Morgan fingerprint density at radius 3 is 2.90 bits per heavy atom. The van der Waals surface area contributed by atoms with E-state index >= 15 is 0 Å². The molecule has 0 saturated carbocycles. The van der Waals surface area contributed by atoms with E-state index in [9.17, 15) is 0 Å². The molecular weight excluding hydrogens is 282 g/mol. The van der Waals surface area contributed by atoms with Gasteiger partial charge in [-0.2, -0.15) is 5.10 Å². The van der Waals surface area contributed by atoms with Crippen molar-refractivity contribution >= 4 is 11.3 Å². The van der Waals surface area contributed by atoms with Gasteiger partial charge in [0.15, 0.2) is 0 Å². The fraction of sp³-hybridized carbons (Fsp3) is 0.333. The van der Waals surface area contributed by atoms with Crippen molar-refractivity contribution in [3.8, 4) is 5.69 Å². The summed E-state index contributed by atoms with van der Waals surface area (Å²) < 4.78 is 3.85. The van der Waals surface area contributed by atoms with Crippen LogP contribution in [0.1, 0.15) is 24.3 Å². The van der Waals surface area contributed by atoms with Crippen LogP contribution in [0.15, 0.2) is 42.6 Å². The van der Waals surface area contributed by atoms with E-state index in [4.69, 9.17) is 0 Å². The molecule has 0 atom stereocenters. The zero-order chi connectivity index (χ0) is 14.9. The molecule has 110 valence electrons. The van der Waals surface area contributed by atoms with Gasteiger partial charge in [0, 0.05) is 53.5 Å². The lowest BCUT2D eigenvalue weighted by Crippen LogP contribution is -2.35. The Morgan fingerprint density at radius 2 is 2.24 bits per heavy atom. The Bertz CT molecular complexity index is 708. The van der Waals surface area contributed by atoms with Gasteiger partial charge in [0.1, 0.15) is 0 Å². The molecule has 5 nitrogen and oxygen atoms in total. The van der Waals surface area contributed by atoms with Crippen molar-refractivity contribution < 1.29 is 0 Å². The van der Waals surface area contributed by atoms with Crippen LogP contribution in [0.3, 0.4) is 0 Å². The molecule has 0 unspecified atom stereocenters. The van der Waals surface area contributed by atoms with Gasteiger partial charge in [-0.1, -0.05) is 0 Å². The summed E-state index contributed by atoms with van der Waals surface area (Å²) in [6, 6.07) is 2.19. The smallest absolute Gasteiger partial charge is 0.0991 e. The molecule has 1 N–H and O–H groups in total. The van der Waals surface area contributed by atoms with Crippen LogP contribution in [0.5, 0.6) is 0 Å². The first-order valence-electron chi connectivity index (χ1n) is 6.84. The first-order chi connectivity index (χ1) is 10.0. The SMILES string of the molecule is Cn1cc(C(C)(C)NCc2cc(-n3ccnc3)cs2)cn1. The first kappa shape index (κ1) is 14.0. The fourth-order valence-corrected chi connectivity index (χ4v) is 2.97. The maximum Gasteiger partial charge on any atom is 0.0991 e. The minimum Gasteiger partial charge on any atom is -0.305 e. The van der Waals surface area contributed by atoms with Crippen molar-refractivity contribution in [2.75, 3.05) is 0 Å². The van der Waals surface area contributed by atoms with Crippen LogP contribution in [0.25, 0.3) is 5.69 Å². The standard InChI is InChI=1S/C15H19N5S/c1-15(2,12-7-18-19(3)9-12)17-8-14-6-13(10-21-14)20-5-4-16-11-20/h4-7,9-11,17H,8H2,1-3H3. The van der Waals surface area contributed by atoms with E-state index in [0.29, 0.717) is 0 Å². The van der Waals surface area contributed by atoms with Crippen LogP contribution in [-0.4, -0.2) is 19.3 Å². The highest BCUT2D eigenvalue weighted by Gasteiger charge is 2.21. The predicted molar refractivity (Wildman–Crippen MR) is 84.5 cm³/mol. The Kier molecular flexibility index (Phi) is 3.65. The molecule has 3 aromatic heterocycles. The summed E-state index contributed by atoms with van der Waals surface area (Å²) in [6.07, 6.45) is 9.54. The maximum absolute atomic E-state index is 4.24. The minimum atomic E-state index is -0.104. The van der Waals surface area contributed by atoms with Crippen molar-refractivity contribution in [2.45, 2.75) is 25.9 Å². The number of hydrogen-bond acceptors (Lipinski definition) is 4. The van der Waals surface area contributed by atoms with Gasteiger partial charge < -0.3 is 9.88 Å². The molecule has 0 aliphatic heterocycles. The molecular formula is C15H19N5S. The van der Waals surface area contributed by atoms with Crippen molar-refractivity contribution in [3.05, 3.63) is 53.0 Å². The van der Waals surface area contributed by atoms with Gasteiger partial charge in [-0.05, 0) is 19.9 Å². The largest absolute Gasteiger partial charge is 0.305 e. The highest BCUT2D eigenvalue weighted by molar-refractivity contribution is 7.10.